The van der Waals surface area contributed by atoms with Crippen LogP contribution in [-0.4, -0.2) is 36.6 Å². The van der Waals surface area contributed by atoms with Crippen LogP contribution < -0.4 is 5.32 Å². The molecule has 0 fully saturated rings. The quantitative estimate of drug-likeness (QED) is 0.702. The van der Waals surface area contributed by atoms with Gasteiger partial charge >= 0.3 is 0 Å². The van der Waals surface area contributed by atoms with E-state index < -0.39 is 0 Å². The fourth-order valence-electron chi connectivity index (χ4n) is 2.04. The molecule has 1 heterocycles. The number of hydrogen-bond acceptors (Lipinski definition) is 3. The number of ether oxygens (including phenoxy) is 1. The first-order valence-corrected chi connectivity index (χ1v) is 6.43. The van der Waals surface area contributed by atoms with Gasteiger partial charge in [-0.25, -0.2) is 0 Å². The second kappa shape index (κ2) is 7.45. The minimum absolute atomic E-state index is 0.771. The zero-order valence-electron chi connectivity index (χ0n) is 11.5. The summed E-state index contributed by atoms with van der Waals surface area (Å²) >= 11 is 0. The van der Waals surface area contributed by atoms with E-state index in [1.54, 1.807) is 7.11 Å². The topological polar surface area (TPSA) is 39.1 Å². The maximum Gasteiger partial charge on any atom is 0.0628 e. The van der Waals surface area contributed by atoms with Crippen molar-refractivity contribution < 1.29 is 4.74 Å². The molecule has 0 aromatic carbocycles. The summed E-state index contributed by atoms with van der Waals surface area (Å²) in [6.07, 6.45) is 2.18. The average Bonchev–Trinajstić information content (AvgIpc) is 2.56. The number of aryl methyl sites for hydroxylation is 2. The molecule has 4 heteroatoms. The summed E-state index contributed by atoms with van der Waals surface area (Å²) in [4.78, 5) is 0. The molecular formula is C13H25N3O. The van der Waals surface area contributed by atoms with Crippen LogP contribution in [0.2, 0.25) is 0 Å². The molecule has 0 saturated heterocycles. The number of nitrogens with one attached hydrogen (secondary N) is 1. The minimum atomic E-state index is 0.771. The van der Waals surface area contributed by atoms with E-state index in [2.05, 4.69) is 35.9 Å². The standard InChI is InChI=1S/C13H25N3O/c1-5-9-16-12(3)13(11(2)15-16)6-7-14-8-10-17-4/h14H,5-10H2,1-4H3. The molecule has 0 aliphatic rings. The average molecular weight is 239 g/mol. The molecule has 0 aliphatic heterocycles. The van der Waals surface area contributed by atoms with Crippen LogP contribution in [-0.2, 0) is 17.7 Å². The molecule has 0 amide bonds. The fraction of sp³-hybridized carbons (Fsp3) is 0.769. The first kappa shape index (κ1) is 14.2. The van der Waals surface area contributed by atoms with Crippen molar-refractivity contribution >= 4 is 0 Å². The Morgan fingerprint density at radius 2 is 2.06 bits per heavy atom. The summed E-state index contributed by atoms with van der Waals surface area (Å²) in [5.74, 6) is 0. The fourth-order valence-corrected chi connectivity index (χ4v) is 2.04. The van der Waals surface area contributed by atoms with Crippen molar-refractivity contribution in [1.82, 2.24) is 15.1 Å². The van der Waals surface area contributed by atoms with E-state index in [1.165, 1.54) is 17.0 Å². The van der Waals surface area contributed by atoms with E-state index >= 15 is 0 Å². The van der Waals surface area contributed by atoms with Gasteiger partial charge in [-0.1, -0.05) is 6.92 Å². The molecule has 0 aliphatic carbocycles. The lowest BCUT2D eigenvalue weighted by Crippen LogP contribution is -2.22. The van der Waals surface area contributed by atoms with Gasteiger partial charge in [0.15, 0.2) is 0 Å². The van der Waals surface area contributed by atoms with Gasteiger partial charge in [0.25, 0.3) is 0 Å². The molecule has 0 saturated carbocycles. The highest BCUT2D eigenvalue weighted by atomic mass is 16.5. The van der Waals surface area contributed by atoms with Crippen LogP contribution in [0.3, 0.4) is 0 Å². The third-order valence-electron chi connectivity index (χ3n) is 3.00. The third kappa shape index (κ3) is 4.13. The van der Waals surface area contributed by atoms with Gasteiger partial charge in [-0.3, -0.25) is 4.68 Å². The van der Waals surface area contributed by atoms with Crippen LogP contribution in [0, 0.1) is 13.8 Å². The summed E-state index contributed by atoms with van der Waals surface area (Å²) < 4.78 is 7.12. The Labute approximate surface area is 104 Å². The van der Waals surface area contributed by atoms with Crippen molar-refractivity contribution in [2.75, 3.05) is 26.8 Å². The van der Waals surface area contributed by atoms with E-state index in [0.717, 1.165) is 39.1 Å². The van der Waals surface area contributed by atoms with Crippen LogP contribution in [0.1, 0.15) is 30.3 Å². The lowest BCUT2D eigenvalue weighted by atomic mass is 10.1. The summed E-state index contributed by atoms with van der Waals surface area (Å²) in [5.41, 5.74) is 3.88. The molecular weight excluding hydrogens is 214 g/mol. The van der Waals surface area contributed by atoms with Gasteiger partial charge in [-0.05, 0) is 38.8 Å². The highest BCUT2D eigenvalue weighted by Gasteiger charge is 2.09. The molecule has 0 bridgehead atoms. The largest absolute Gasteiger partial charge is 0.383 e. The third-order valence-corrected chi connectivity index (χ3v) is 3.00. The Kier molecular flexibility index (Phi) is 6.22. The molecule has 98 valence electrons. The Morgan fingerprint density at radius 3 is 2.71 bits per heavy atom. The highest BCUT2D eigenvalue weighted by molar-refractivity contribution is 5.24. The number of methoxy groups -OCH3 is 1. The second-order valence-electron chi connectivity index (χ2n) is 4.37. The van der Waals surface area contributed by atoms with Crippen molar-refractivity contribution in [2.24, 2.45) is 0 Å². The predicted octanol–water partition coefficient (Wildman–Crippen LogP) is 1.69. The van der Waals surface area contributed by atoms with Crippen LogP contribution in [0.25, 0.3) is 0 Å². The molecule has 17 heavy (non-hydrogen) atoms. The lowest BCUT2D eigenvalue weighted by Gasteiger charge is -2.05. The van der Waals surface area contributed by atoms with E-state index in [-0.39, 0.29) is 0 Å². The zero-order valence-corrected chi connectivity index (χ0v) is 11.5. The number of nitrogens with zero attached hydrogens (tertiary/aromatic N) is 2. The summed E-state index contributed by atoms with van der Waals surface area (Å²) in [6, 6.07) is 0. The molecule has 0 unspecified atom stereocenters. The Morgan fingerprint density at radius 1 is 1.29 bits per heavy atom. The summed E-state index contributed by atoms with van der Waals surface area (Å²) in [7, 11) is 1.73. The van der Waals surface area contributed by atoms with E-state index in [9.17, 15) is 0 Å². The van der Waals surface area contributed by atoms with Gasteiger partial charge < -0.3 is 10.1 Å². The predicted molar refractivity (Wildman–Crippen MR) is 70.4 cm³/mol. The molecule has 0 radical (unpaired) electrons. The first-order chi connectivity index (χ1) is 8.20. The second-order valence-corrected chi connectivity index (χ2v) is 4.37. The monoisotopic (exact) mass is 239 g/mol. The molecule has 1 aromatic rings. The van der Waals surface area contributed by atoms with E-state index in [4.69, 9.17) is 4.74 Å². The lowest BCUT2D eigenvalue weighted by molar-refractivity contribution is 0.199. The van der Waals surface area contributed by atoms with E-state index in [1.807, 2.05) is 0 Å². The van der Waals surface area contributed by atoms with Crippen molar-refractivity contribution in [3.63, 3.8) is 0 Å². The smallest absolute Gasteiger partial charge is 0.0628 e. The van der Waals surface area contributed by atoms with Crippen LogP contribution in [0.15, 0.2) is 0 Å². The van der Waals surface area contributed by atoms with Crippen LogP contribution in [0.5, 0.6) is 0 Å². The maximum absolute atomic E-state index is 5.00. The number of aromatic nitrogens is 2. The molecule has 0 atom stereocenters. The molecule has 1 rings (SSSR count). The van der Waals surface area contributed by atoms with Crippen molar-refractivity contribution in [1.29, 1.82) is 0 Å². The van der Waals surface area contributed by atoms with Gasteiger partial charge in [-0.15, -0.1) is 0 Å². The maximum atomic E-state index is 5.00. The van der Waals surface area contributed by atoms with Gasteiger partial charge in [0, 0.05) is 25.9 Å². The van der Waals surface area contributed by atoms with Gasteiger partial charge in [0.05, 0.1) is 12.3 Å². The number of hydrogen-bond donors (Lipinski definition) is 1. The van der Waals surface area contributed by atoms with Crippen LogP contribution >= 0.6 is 0 Å². The minimum Gasteiger partial charge on any atom is -0.383 e. The highest BCUT2D eigenvalue weighted by Crippen LogP contribution is 2.13. The molecule has 1 N–H and O–H groups in total. The Balaban J connectivity index is 2.47. The molecule has 4 nitrogen and oxygen atoms in total. The Hall–Kier alpha value is -0.870. The van der Waals surface area contributed by atoms with Crippen molar-refractivity contribution in [2.45, 2.75) is 40.2 Å². The zero-order chi connectivity index (χ0) is 12.7. The summed E-state index contributed by atoms with van der Waals surface area (Å²) in [5, 5.41) is 7.95. The normalized spacial score (nSPS) is 11.1. The molecule has 1 aromatic heterocycles. The summed E-state index contributed by atoms with van der Waals surface area (Å²) in [6.45, 7) is 10.1. The van der Waals surface area contributed by atoms with Crippen LogP contribution in [0.4, 0.5) is 0 Å². The van der Waals surface area contributed by atoms with Gasteiger partial charge in [0.2, 0.25) is 0 Å². The number of rotatable bonds is 8. The van der Waals surface area contributed by atoms with Crippen molar-refractivity contribution in [3.8, 4) is 0 Å². The Bertz CT molecular complexity index is 334. The SMILES string of the molecule is CCCn1nc(C)c(CCNCCOC)c1C. The van der Waals surface area contributed by atoms with Crippen molar-refractivity contribution in [3.05, 3.63) is 17.0 Å². The van der Waals surface area contributed by atoms with E-state index in [0.29, 0.717) is 0 Å². The van der Waals surface area contributed by atoms with Gasteiger partial charge in [0.1, 0.15) is 0 Å². The molecule has 0 spiro atoms. The first-order valence-electron chi connectivity index (χ1n) is 6.43. The van der Waals surface area contributed by atoms with Gasteiger partial charge in [-0.2, -0.15) is 5.10 Å².